The van der Waals surface area contributed by atoms with Crippen LogP contribution in [0.2, 0.25) is 0 Å². The summed E-state index contributed by atoms with van der Waals surface area (Å²) in [5.74, 6) is 1.82. The van der Waals surface area contributed by atoms with Gasteiger partial charge in [-0.1, -0.05) is 41.5 Å². The third-order valence-electron chi connectivity index (χ3n) is 4.17. The molecule has 1 heteroatoms. The molecule has 1 saturated carbocycles. The van der Waals surface area contributed by atoms with Gasteiger partial charge in [-0.05, 0) is 36.5 Å². The van der Waals surface area contributed by atoms with Crippen molar-refractivity contribution in [2.75, 3.05) is 0 Å². The standard InChI is InChI=1S/C15H28O/c1-11(2)9-15(6)10-12(14(3,4)5)7-8-13(15)16/h11-12H,7-10H2,1-6H3/t12-,15+/m0/s1. The van der Waals surface area contributed by atoms with Crippen LogP contribution in [0.15, 0.2) is 0 Å². The average molecular weight is 224 g/mol. The van der Waals surface area contributed by atoms with Gasteiger partial charge in [0.05, 0.1) is 0 Å². The molecular formula is C15H28O. The number of hydrogen-bond acceptors (Lipinski definition) is 1. The van der Waals surface area contributed by atoms with Crippen molar-refractivity contribution in [1.29, 1.82) is 0 Å². The van der Waals surface area contributed by atoms with E-state index in [1.54, 1.807) is 0 Å². The van der Waals surface area contributed by atoms with Crippen molar-refractivity contribution in [2.45, 2.75) is 67.2 Å². The van der Waals surface area contributed by atoms with Crippen molar-refractivity contribution < 1.29 is 4.79 Å². The van der Waals surface area contributed by atoms with Gasteiger partial charge in [-0.25, -0.2) is 0 Å². The Balaban J connectivity index is 2.79. The van der Waals surface area contributed by atoms with Gasteiger partial charge in [-0.2, -0.15) is 0 Å². The number of carbonyl (C=O) groups is 1. The zero-order valence-corrected chi connectivity index (χ0v) is 11.9. The first kappa shape index (κ1) is 13.7. The zero-order valence-electron chi connectivity index (χ0n) is 11.9. The normalized spacial score (nSPS) is 32.2. The van der Waals surface area contributed by atoms with Crippen LogP contribution in [0.5, 0.6) is 0 Å². The minimum atomic E-state index is -0.0512. The maximum Gasteiger partial charge on any atom is 0.138 e. The number of Topliss-reactive ketones (excluding diaryl/α,β-unsaturated/α-hetero) is 1. The van der Waals surface area contributed by atoms with E-state index >= 15 is 0 Å². The molecule has 94 valence electrons. The molecule has 0 spiro atoms. The number of ketones is 1. The highest BCUT2D eigenvalue weighted by Gasteiger charge is 2.42. The van der Waals surface area contributed by atoms with E-state index in [9.17, 15) is 4.79 Å². The topological polar surface area (TPSA) is 17.1 Å². The van der Waals surface area contributed by atoms with Crippen LogP contribution in [0.3, 0.4) is 0 Å². The van der Waals surface area contributed by atoms with Gasteiger partial charge in [0, 0.05) is 11.8 Å². The molecule has 1 nitrogen and oxygen atoms in total. The predicted octanol–water partition coefficient (Wildman–Crippen LogP) is 4.45. The smallest absolute Gasteiger partial charge is 0.138 e. The highest BCUT2D eigenvalue weighted by atomic mass is 16.1. The third kappa shape index (κ3) is 3.09. The number of hydrogen-bond donors (Lipinski definition) is 0. The summed E-state index contributed by atoms with van der Waals surface area (Å²) < 4.78 is 0. The van der Waals surface area contributed by atoms with Crippen LogP contribution in [-0.4, -0.2) is 5.78 Å². The van der Waals surface area contributed by atoms with Gasteiger partial charge in [0.2, 0.25) is 0 Å². The molecule has 0 heterocycles. The molecule has 16 heavy (non-hydrogen) atoms. The Hall–Kier alpha value is -0.330. The van der Waals surface area contributed by atoms with E-state index in [1.807, 2.05) is 0 Å². The first-order valence-electron chi connectivity index (χ1n) is 6.68. The summed E-state index contributed by atoms with van der Waals surface area (Å²) in [6.07, 6.45) is 4.03. The molecule has 0 N–H and O–H groups in total. The lowest BCUT2D eigenvalue weighted by atomic mass is 9.61. The van der Waals surface area contributed by atoms with Gasteiger partial charge in [-0.15, -0.1) is 0 Å². The highest BCUT2D eigenvalue weighted by molar-refractivity contribution is 5.85. The SMILES string of the molecule is CC(C)C[C@]1(C)C[C@@H](C(C)(C)C)CCC1=O. The minimum Gasteiger partial charge on any atom is -0.299 e. The largest absolute Gasteiger partial charge is 0.299 e. The van der Waals surface area contributed by atoms with Crippen molar-refractivity contribution in [3.63, 3.8) is 0 Å². The van der Waals surface area contributed by atoms with Crippen LogP contribution in [-0.2, 0) is 4.79 Å². The summed E-state index contributed by atoms with van der Waals surface area (Å²) in [7, 11) is 0. The first-order valence-corrected chi connectivity index (χ1v) is 6.68. The maximum atomic E-state index is 12.1. The van der Waals surface area contributed by atoms with Gasteiger partial charge in [0.25, 0.3) is 0 Å². The molecule has 0 aromatic rings. The highest BCUT2D eigenvalue weighted by Crippen LogP contribution is 2.46. The molecule has 0 aliphatic heterocycles. The Morgan fingerprint density at radius 1 is 1.38 bits per heavy atom. The molecule has 0 aromatic heterocycles. The lowest BCUT2D eigenvalue weighted by molar-refractivity contribution is -0.134. The van der Waals surface area contributed by atoms with Crippen LogP contribution in [0.25, 0.3) is 0 Å². The van der Waals surface area contributed by atoms with Crippen molar-refractivity contribution in [2.24, 2.45) is 22.7 Å². The van der Waals surface area contributed by atoms with Crippen LogP contribution in [0, 0.1) is 22.7 Å². The van der Waals surface area contributed by atoms with E-state index in [0.717, 1.165) is 25.7 Å². The second-order valence-electron chi connectivity index (χ2n) is 7.39. The summed E-state index contributed by atoms with van der Waals surface area (Å²) in [6, 6.07) is 0. The molecular weight excluding hydrogens is 196 g/mol. The molecule has 0 radical (unpaired) electrons. The van der Waals surface area contributed by atoms with Crippen LogP contribution < -0.4 is 0 Å². The van der Waals surface area contributed by atoms with E-state index in [4.69, 9.17) is 0 Å². The van der Waals surface area contributed by atoms with Gasteiger partial charge in [0.15, 0.2) is 0 Å². The van der Waals surface area contributed by atoms with E-state index < -0.39 is 0 Å². The molecule has 2 atom stereocenters. The summed E-state index contributed by atoms with van der Waals surface area (Å²) in [6.45, 7) is 13.6. The van der Waals surface area contributed by atoms with Gasteiger partial charge in [0.1, 0.15) is 5.78 Å². The second kappa shape index (κ2) is 4.50. The lowest BCUT2D eigenvalue weighted by Crippen LogP contribution is -2.40. The van der Waals surface area contributed by atoms with E-state index in [0.29, 0.717) is 23.0 Å². The Bertz CT molecular complexity index is 259. The summed E-state index contributed by atoms with van der Waals surface area (Å²) in [5, 5.41) is 0. The Morgan fingerprint density at radius 3 is 2.38 bits per heavy atom. The van der Waals surface area contributed by atoms with E-state index in [1.165, 1.54) is 0 Å². The molecule has 1 aliphatic carbocycles. The molecule has 0 bridgehead atoms. The summed E-state index contributed by atoms with van der Waals surface area (Å²) in [5.41, 5.74) is 0.295. The summed E-state index contributed by atoms with van der Waals surface area (Å²) >= 11 is 0. The molecule has 1 aliphatic rings. The zero-order chi connectivity index (χ0) is 12.6. The van der Waals surface area contributed by atoms with Crippen LogP contribution in [0.1, 0.15) is 67.2 Å². The molecule has 0 saturated heterocycles. The van der Waals surface area contributed by atoms with E-state index in [2.05, 4.69) is 41.5 Å². The van der Waals surface area contributed by atoms with Crippen molar-refractivity contribution in [1.82, 2.24) is 0 Å². The average Bonchev–Trinajstić information content (AvgIpc) is 2.06. The van der Waals surface area contributed by atoms with Crippen molar-refractivity contribution in [3.05, 3.63) is 0 Å². The fraction of sp³-hybridized carbons (Fsp3) is 0.933. The van der Waals surface area contributed by atoms with Crippen molar-refractivity contribution in [3.8, 4) is 0 Å². The molecule has 1 rings (SSSR count). The monoisotopic (exact) mass is 224 g/mol. The number of carbonyl (C=O) groups excluding carboxylic acids is 1. The minimum absolute atomic E-state index is 0.0512. The second-order valence-corrected chi connectivity index (χ2v) is 7.39. The molecule has 0 unspecified atom stereocenters. The van der Waals surface area contributed by atoms with Crippen molar-refractivity contribution >= 4 is 5.78 Å². The molecule has 0 amide bonds. The fourth-order valence-corrected chi connectivity index (χ4v) is 3.20. The van der Waals surface area contributed by atoms with Crippen LogP contribution >= 0.6 is 0 Å². The van der Waals surface area contributed by atoms with E-state index in [-0.39, 0.29) is 5.41 Å². The first-order chi connectivity index (χ1) is 7.15. The quantitative estimate of drug-likeness (QED) is 0.677. The fourth-order valence-electron chi connectivity index (χ4n) is 3.20. The predicted molar refractivity (Wildman–Crippen MR) is 69.4 cm³/mol. The maximum absolute atomic E-state index is 12.1. The lowest BCUT2D eigenvalue weighted by Gasteiger charge is -2.43. The molecule has 0 aromatic carbocycles. The Morgan fingerprint density at radius 2 is 1.94 bits per heavy atom. The Labute approximate surface area is 101 Å². The molecule has 1 fully saturated rings. The van der Waals surface area contributed by atoms with Crippen LogP contribution in [0.4, 0.5) is 0 Å². The Kier molecular flexibility index (Phi) is 3.87. The van der Waals surface area contributed by atoms with Gasteiger partial charge < -0.3 is 0 Å². The third-order valence-corrected chi connectivity index (χ3v) is 4.17. The number of rotatable bonds is 2. The van der Waals surface area contributed by atoms with Gasteiger partial charge in [-0.3, -0.25) is 4.79 Å². The van der Waals surface area contributed by atoms with Gasteiger partial charge >= 0.3 is 0 Å². The summed E-state index contributed by atoms with van der Waals surface area (Å²) in [4.78, 5) is 12.1.